The number of anilines is 2. The van der Waals surface area contributed by atoms with E-state index in [0.29, 0.717) is 5.69 Å². The molecule has 0 unspecified atom stereocenters. The molecule has 0 aliphatic carbocycles. The number of benzene rings is 1. The van der Waals surface area contributed by atoms with E-state index in [1.165, 1.54) is 0 Å². The van der Waals surface area contributed by atoms with Crippen LogP contribution < -0.4 is 10.2 Å². The van der Waals surface area contributed by atoms with Gasteiger partial charge in [-0.25, -0.2) is 9.97 Å². The first-order valence-electron chi connectivity index (χ1n) is 8.74. The highest BCUT2D eigenvalue weighted by molar-refractivity contribution is 6.03. The summed E-state index contributed by atoms with van der Waals surface area (Å²) in [7, 11) is 2.12. The molecule has 132 valence electrons. The molecular formula is C19H25N5O. The van der Waals surface area contributed by atoms with Crippen molar-refractivity contribution in [3.05, 3.63) is 47.4 Å². The molecule has 0 bridgehead atoms. The lowest BCUT2D eigenvalue weighted by Gasteiger charge is -2.32. The molecule has 0 radical (unpaired) electrons. The van der Waals surface area contributed by atoms with Gasteiger partial charge in [0.25, 0.3) is 5.91 Å². The number of hydrogen-bond donors (Lipinski definition) is 1. The van der Waals surface area contributed by atoms with Crippen LogP contribution >= 0.6 is 0 Å². The smallest absolute Gasteiger partial charge is 0.275 e. The fraction of sp³-hybridized carbons (Fsp3) is 0.421. The first-order chi connectivity index (χ1) is 12.1. The fourth-order valence-electron chi connectivity index (χ4n) is 3.02. The molecule has 1 aromatic heterocycles. The number of piperazine rings is 1. The Bertz CT molecular complexity index is 736. The molecule has 6 nitrogen and oxygen atoms in total. The summed E-state index contributed by atoms with van der Waals surface area (Å²) in [5.74, 6) is 0.608. The predicted molar refractivity (Wildman–Crippen MR) is 100 cm³/mol. The summed E-state index contributed by atoms with van der Waals surface area (Å²) in [6.45, 7) is 7.96. The Morgan fingerprint density at radius 2 is 1.92 bits per heavy atom. The molecule has 1 saturated heterocycles. The maximum Gasteiger partial charge on any atom is 0.275 e. The molecule has 1 aliphatic rings. The van der Waals surface area contributed by atoms with Crippen molar-refractivity contribution in [2.45, 2.75) is 20.3 Å². The van der Waals surface area contributed by atoms with Crippen molar-refractivity contribution >= 4 is 17.4 Å². The molecule has 2 heterocycles. The van der Waals surface area contributed by atoms with Crippen molar-refractivity contribution in [1.29, 1.82) is 0 Å². The first kappa shape index (κ1) is 17.4. The SMILES string of the molecule is CCc1cccc(C)c1NC(=O)c1cnc(N2CCN(C)CC2)cn1. The summed E-state index contributed by atoms with van der Waals surface area (Å²) in [6, 6.07) is 6.04. The number of carbonyl (C=O) groups excluding carboxylic acids is 1. The summed E-state index contributed by atoms with van der Waals surface area (Å²) < 4.78 is 0. The minimum absolute atomic E-state index is 0.221. The van der Waals surface area contributed by atoms with Gasteiger partial charge in [-0.15, -0.1) is 0 Å². The van der Waals surface area contributed by atoms with Crippen LogP contribution in [-0.2, 0) is 6.42 Å². The van der Waals surface area contributed by atoms with Crippen molar-refractivity contribution in [3.63, 3.8) is 0 Å². The molecule has 1 fully saturated rings. The summed E-state index contributed by atoms with van der Waals surface area (Å²) >= 11 is 0. The van der Waals surface area contributed by atoms with Crippen molar-refractivity contribution in [1.82, 2.24) is 14.9 Å². The Labute approximate surface area is 148 Å². The largest absolute Gasteiger partial charge is 0.353 e. The molecule has 0 atom stereocenters. The Morgan fingerprint density at radius 3 is 2.56 bits per heavy atom. The van der Waals surface area contributed by atoms with Crippen molar-refractivity contribution in [3.8, 4) is 0 Å². The van der Waals surface area contributed by atoms with Gasteiger partial charge in [0.2, 0.25) is 0 Å². The van der Waals surface area contributed by atoms with Gasteiger partial charge < -0.3 is 15.1 Å². The van der Waals surface area contributed by atoms with Crippen molar-refractivity contribution in [2.75, 3.05) is 43.4 Å². The molecular weight excluding hydrogens is 314 g/mol. The highest BCUT2D eigenvalue weighted by Crippen LogP contribution is 2.21. The summed E-state index contributed by atoms with van der Waals surface area (Å²) in [5, 5.41) is 2.99. The zero-order chi connectivity index (χ0) is 17.8. The third kappa shape index (κ3) is 3.96. The van der Waals surface area contributed by atoms with E-state index in [1.807, 2.05) is 25.1 Å². The minimum Gasteiger partial charge on any atom is -0.353 e. The Morgan fingerprint density at radius 1 is 1.16 bits per heavy atom. The predicted octanol–water partition coefficient (Wildman–Crippen LogP) is 2.35. The first-order valence-corrected chi connectivity index (χ1v) is 8.74. The van der Waals surface area contributed by atoms with Gasteiger partial charge in [-0.05, 0) is 31.5 Å². The molecule has 6 heteroatoms. The van der Waals surface area contributed by atoms with Crippen LogP contribution in [0.25, 0.3) is 0 Å². The van der Waals surface area contributed by atoms with Gasteiger partial charge in [-0.3, -0.25) is 4.79 Å². The van der Waals surface area contributed by atoms with Crippen LogP contribution in [0, 0.1) is 6.92 Å². The number of nitrogens with one attached hydrogen (secondary N) is 1. The van der Waals surface area contributed by atoms with Crippen molar-refractivity contribution in [2.24, 2.45) is 0 Å². The van der Waals surface area contributed by atoms with Crippen LogP contribution in [0.1, 0.15) is 28.5 Å². The lowest BCUT2D eigenvalue weighted by atomic mass is 10.1. The van der Waals surface area contributed by atoms with Gasteiger partial charge in [-0.2, -0.15) is 0 Å². The molecule has 1 amide bonds. The Balaban J connectivity index is 1.71. The number of nitrogens with zero attached hydrogens (tertiary/aromatic N) is 4. The van der Waals surface area contributed by atoms with E-state index >= 15 is 0 Å². The van der Waals surface area contributed by atoms with E-state index in [9.17, 15) is 4.79 Å². The van der Waals surface area contributed by atoms with Gasteiger partial charge in [-0.1, -0.05) is 25.1 Å². The number of aryl methyl sites for hydroxylation is 2. The zero-order valence-corrected chi connectivity index (χ0v) is 15.1. The molecule has 1 N–H and O–H groups in total. The number of aromatic nitrogens is 2. The van der Waals surface area contributed by atoms with E-state index in [-0.39, 0.29) is 5.91 Å². The van der Waals surface area contributed by atoms with Crippen LogP contribution in [0.5, 0.6) is 0 Å². The van der Waals surface area contributed by atoms with Gasteiger partial charge in [0, 0.05) is 31.9 Å². The number of hydrogen-bond acceptors (Lipinski definition) is 5. The molecule has 25 heavy (non-hydrogen) atoms. The fourth-order valence-corrected chi connectivity index (χ4v) is 3.02. The monoisotopic (exact) mass is 339 g/mol. The molecule has 3 rings (SSSR count). The van der Waals surface area contributed by atoms with Gasteiger partial charge >= 0.3 is 0 Å². The third-order valence-electron chi connectivity index (χ3n) is 4.68. The summed E-state index contributed by atoms with van der Waals surface area (Å²) in [6.07, 6.45) is 4.12. The highest BCUT2D eigenvalue weighted by atomic mass is 16.1. The van der Waals surface area contributed by atoms with Gasteiger partial charge in [0.15, 0.2) is 0 Å². The van der Waals surface area contributed by atoms with E-state index in [4.69, 9.17) is 0 Å². The van der Waals surface area contributed by atoms with Gasteiger partial charge in [0.1, 0.15) is 11.5 Å². The number of para-hydroxylation sites is 1. The average Bonchev–Trinajstić information content (AvgIpc) is 2.64. The lowest BCUT2D eigenvalue weighted by Crippen LogP contribution is -2.44. The standard InChI is InChI=1S/C19H25N5O/c1-4-15-7-5-6-14(2)18(15)22-19(25)16-12-21-17(13-20-16)24-10-8-23(3)9-11-24/h5-7,12-13H,4,8-11H2,1-3H3,(H,22,25). The summed E-state index contributed by atoms with van der Waals surface area (Å²) in [5.41, 5.74) is 3.38. The third-order valence-corrected chi connectivity index (χ3v) is 4.68. The van der Waals surface area contributed by atoms with Crippen LogP contribution in [0.15, 0.2) is 30.6 Å². The number of rotatable bonds is 4. The van der Waals surface area contributed by atoms with Crippen LogP contribution in [0.2, 0.25) is 0 Å². The normalized spacial score (nSPS) is 15.2. The molecule has 0 spiro atoms. The van der Waals surface area contributed by atoms with E-state index in [1.54, 1.807) is 12.4 Å². The second-order valence-electron chi connectivity index (χ2n) is 6.47. The number of carbonyl (C=O) groups is 1. The highest BCUT2D eigenvalue weighted by Gasteiger charge is 2.17. The zero-order valence-electron chi connectivity index (χ0n) is 15.1. The van der Waals surface area contributed by atoms with E-state index in [0.717, 1.165) is 55.2 Å². The van der Waals surface area contributed by atoms with Crippen LogP contribution in [-0.4, -0.2) is 54.0 Å². The van der Waals surface area contributed by atoms with Crippen molar-refractivity contribution < 1.29 is 4.79 Å². The maximum absolute atomic E-state index is 12.5. The minimum atomic E-state index is -0.221. The second-order valence-corrected chi connectivity index (χ2v) is 6.47. The maximum atomic E-state index is 12.5. The van der Waals surface area contributed by atoms with Gasteiger partial charge in [0.05, 0.1) is 12.4 Å². The molecule has 1 aromatic carbocycles. The second kappa shape index (κ2) is 7.61. The van der Waals surface area contributed by atoms with Crippen LogP contribution in [0.3, 0.4) is 0 Å². The summed E-state index contributed by atoms with van der Waals surface area (Å²) in [4.78, 5) is 25.8. The quantitative estimate of drug-likeness (QED) is 0.926. The lowest BCUT2D eigenvalue weighted by molar-refractivity contribution is 0.102. The Hall–Kier alpha value is -2.47. The number of amides is 1. The Kier molecular flexibility index (Phi) is 5.28. The average molecular weight is 339 g/mol. The topological polar surface area (TPSA) is 61.4 Å². The number of likely N-dealkylation sites (N-methyl/N-ethyl adjacent to an activating group) is 1. The van der Waals surface area contributed by atoms with Crippen LogP contribution in [0.4, 0.5) is 11.5 Å². The molecule has 2 aromatic rings. The van der Waals surface area contributed by atoms with E-state index < -0.39 is 0 Å². The van der Waals surface area contributed by atoms with E-state index in [2.05, 4.69) is 39.1 Å². The molecule has 1 aliphatic heterocycles. The molecule has 0 saturated carbocycles.